The Morgan fingerprint density at radius 1 is 1.12 bits per heavy atom. The van der Waals surface area contributed by atoms with E-state index in [4.69, 9.17) is 9.47 Å². The standard InChI is InChI=1S/C21H21FN2O6S2/c1-4-24(32(27,28)19-11-14(22)5-7-16(19)29-2)12-20(25)23-15-6-8-17-13(9-15)10-18(31-17)21(26)30-3/h5-11H,4,12H2,1-3H3,(H,23,25). The molecule has 0 aliphatic rings. The number of ether oxygens (including phenoxy) is 2. The van der Waals surface area contributed by atoms with Crippen molar-refractivity contribution in [2.45, 2.75) is 11.8 Å². The molecule has 170 valence electrons. The van der Waals surface area contributed by atoms with E-state index in [9.17, 15) is 22.4 Å². The van der Waals surface area contributed by atoms with Gasteiger partial charge in [-0.25, -0.2) is 17.6 Å². The predicted octanol–water partition coefficient (Wildman–Crippen LogP) is 3.48. The fraction of sp³-hybridized carbons (Fsp3) is 0.238. The number of carbonyl (C=O) groups is 2. The maximum atomic E-state index is 13.7. The Hall–Kier alpha value is -3.02. The van der Waals surface area contributed by atoms with Crippen molar-refractivity contribution in [3.63, 3.8) is 0 Å². The highest BCUT2D eigenvalue weighted by Crippen LogP contribution is 2.29. The number of hydrogen-bond acceptors (Lipinski definition) is 7. The molecule has 0 bridgehead atoms. The fourth-order valence-electron chi connectivity index (χ4n) is 3.04. The summed E-state index contributed by atoms with van der Waals surface area (Å²) in [4.78, 5) is 24.4. The number of amides is 1. The average molecular weight is 481 g/mol. The summed E-state index contributed by atoms with van der Waals surface area (Å²) in [6, 6.07) is 9.89. The van der Waals surface area contributed by atoms with E-state index in [0.29, 0.717) is 10.6 Å². The lowest BCUT2D eigenvalue weighted by molar-refractivity contribution is -0.116. The van der Waals surface area contributed by atoms with Gasteiger partial charge in [0.05, 0.1) is 20.8 Å². The van der Waals surface area contributed by atoms with Gasteiger partial charge < -0.3 is 14.8 Å². The molecule has 8 nitrogen and oxygen atoms in total. The van der Waals surface area contributed by atoms with E-state index >= 15 is 0 Å². The molecule has 0 aliphatic carbocycles. The van der Waals surface area contributed by atoms with Crippen molar-refractivity contribution in [3.05, 3.63) is 53.2 Å². The second-order valence-electron chi connectivity index (χ2n) is 6.63. The summed E-state index contributed by atoms with van der Waals surface area (Å²) in [5.74, 6) is -1.78. The number of sulfonamides is 1. The Morgan fingerprint density at radius 3 is 2.53 bits per heavy atom. The summed E-state index contributed by atoms with van der Waals surface area (Å²) in [5, 5.41) is 3.39. The molecule has 0 atom stereocenters. The van der Waals surface area contributed by atoms with Crippen molar-refractivity contribution in [3.8, 4) is 5.75 Å². The van der Waals surface area contributed by atoms with Crippen LogP contribution in [0.5, 0.6) is 5.75 Å². The average Bonchev–Trinajstić information content (AvgIpc) is 3.20. The fourth-order valence-corrected chi connectivity index (χ4v) is 5.57. The van der Waals surface area contributed by atoms with Crippen molar-refractivity contribution in [2.24, 2.45) is 0 Å². The van der Waals surface area contributed by atoms with E-state index in [0.717, 1.165) is 26.5 Å². The number of nitrogens with zero attached hydrogens (tertiary/aromatic N) is 1. The first-order chi connectivity index (χ1) is 15.2. The normalized spacial score (nSPS) is 11.5. The van der Waals surface area contributed by atoms with Gasteiger partial charge in [0.25, 0.3) is 0 Å². The number of rotatable bonds is 8. The van der Waals surface area contributed by atoms with Crippen LogP contribution in [-0.2, 0) is 19.6 Å². The van der Waals surface area contributed by atoms with E-state index in [1.165, 1.54) is 31.6 Å². The van der Waals surface area contributed by atoms with Gasteiger partial charge in [0.2, 0.25) is 15.9 Å². The minimum Gasteiger partial charge on any atom is -0.495 e. The largest absolute Gasteiger partial charge is 0.495 e. The summed E-state index contributed by atoms with van der Waals surface area (Å²) >= 11 is 1.26. The van der Waals surface area contributed by atoms with Gasteiger partial charge in [-0.2, -0.15) is 4.31 Å². The second kappa shape index (κ2) is 9.63. The number of hydrogen-bond donors (Lipinski definition) is 1. The minimum absolute atomic E-state index is 0.0124. The molecular weight excluding hydrogens is 459 g/mol. The molecular formula is C21H21FN2O6S2. The van der Waals surface area contributed by atoms with Crippen LogP contribution in [0, 0.1) is 5.82 Å². The maximum Gasteiger partial charge on any atom is 0.348 e. The lowest BCUT2D eigenvalue weighted by atomic mass is 10.2. The third-order valence-corrected chi connectivity index (χ3v) is 7.64. The molecule has 3 aromatic rings. The summed E-state index contributed by atoms with van der Waals surface area (Å²) in [5.41, 5.74) is 0.438. The Bertz CT molecular complexity index is 1270. The van der Waals surface area contributed by atoms with Gasteiger partial charge in [-0.15, -0.1) is 11.3 Å². The zero-order chi connectivity index (χ0) is 23.5. The molecule has 0 aliphatic heterocycles. The summed E-state index contributed by atoms with van der Waals surface area (Å²) < 4.78 is 51.2. The predicted molar refractivity (Wildman–Crippen MR) is 119 cm³/mol. The smallest absolute Gasteiger partial charge is 0.348 e. The molecule has 1 N–H and O–H groups in total. The van der Waals surface area contributed by atoms with E-state index in [1.807, 2.05) is 0 Å². The molecule has 0 unspecified atom stereocenters. The zero-order valence-electron chi connectivity index (χ0n) is 17.5. The first-order valence-electron chi connectivity index (χ1n) is 9.45. The first-order valence-corrected chi connectivity index (χ1v) is 11.7. The lowest BCUT2D eigenvalue weighted by Crippen LogP contribution is -2.38. The van der Waals surface area contributed by atoms with Crippen LogP contribution in [0.1, 0.15) is 16.6 Å². The van der Waals surface area contributed by atoms with Crippen LogP contribution in [0.3, 0.4) is 0 Å². The second-order valence-corrected chi connectivity index (χ2v) is 9.62. The van der Waals surface area contributed by atoms with Gasteiger partial charge in [-0.3, -0.25) is 4.79 Å². The van der Waals surface area contributed by atoms with Crippen molar-refractivity contribution in [2.75, 3.05) is 32.6 Å². The molecule has 32 heavy (non-hydrogen) atoms. The van der Waals surface area contributed by atoms with Gasteiger partial charge >= 0.3 is 5.97 Å². The van der Waals surface area contributed by atoms with Gasteiger partial charge in [-0.05, 0) is 47.9 Å². The number of nitrogens with one attached hydrogen (secondary N) is 1. The highest BCUT2D eigenvalue weighted by Gasteiger charge is 2.29. The molecule has 1 aromatic heterocycles. The summed E-state index contributed by atoms with van der Waals surface area (Å²) in [6.07, 6.45) is 0. The van der Waals surface area contributed by atoms with Crippen LogP contribution in [0.4, 0.5) is 10.1 Å². The molecule has 1 heterocycles. The van der Waals surface area contributed by atoms with Gasteiger partial charge in [0.15, 0.2) is 0 Å². The van der Waals surface area contributed by atoms with Gasteiger partial charge in [-0.1, -0.05) is 6.92 Å². The number of esters is 1. The number of carbonyl (C=O) groups excluding carboxylic acids is 2. The SMILES string of the molecule is CCN(CC(=O)Nc1ccc2sc(C(=O)OC)cc2c1)S(=O)(=O)c1cc(F)ccc1OC. The van der Waals surface area contributed by atoms with Crippen molar-refractivity contribution in [1.82, 2.24) is 4.31 Å². The molecule has 0 saturated carbocycles. The van der Waals surface area contributed by atoms with Gasteiger partial charge in [0.1, 0.15) is 21.3 Å². The minimum atomic E-state index is -4.19. The van der Waals surface area contributed by atoms with Crippen LogP contribution in [0.15, 0.2) is 47.4 Å². The van der Waals surface area contributed by atoms with Crippen molar-refractivity contribution >= 4 is 49.0 Å². The number of fused-ring (bicyclic) bond motifs is 1. The third-order valence-electron chi connectivity index (χ3n) is 4.60. The Labute approximate surface area is 188 Å². The molecule has 2 aromatic carbocycles. The molecule has 11 heteroatoms. The Balaban J connectivity index is 1.79. The molecule has 0 saturated heterocycles. The van der Waals surface area contributed by atoms with Gasteiger partial charge in [0, 0.05) is 16.9 Å². The summed E-state index contributed by atoms with van der Waals surface area (Å²) in [6.45, 7) is 1.08. The number of thiophene rings is 1. The summed E-state index contributed by atoms with van der Waals surface area (Å²) in [7, 11) is -1.61. The maximum absolute atomic E-state index is 13.7. The molecule has 0 radical (unpaired) electrons. The molecule has 0 fully saturated rings. The zero-order valence-corrected chi connectivity index (χ0v) is 19.2. The van der Waals surface area contributed by atoms with Crippen LogP contribution in [-0.4, -0.2) is 51.9 Å². The highest BCUT2D eigenvalue weighted by atomic mass is 32.2. The van der Waals surface area contributed by atoms with E-state index < -0.39 is 34.3 Å². The quantitative estimate of drug-likeness (QED) is 0.495. The Morgan fingerprint density at radius 2 is 1.88 bits per heavy atom. The Kier molecular flexibility index (Phi) is 7.12. The molecule has 0 spiro atoms. The number of benzene rings is 2. The van der Waals surface area contributed by atoms with Crippen LogP contribution < -0.4 is 10.1 Å². The van der Waals surface area contributed by atoms with Crippen molar-refractivity contribution < 1.29 is 31.9 Å². The van der Waals surface area contributed by atoms with Crippen LogP contribution in [0.2, 0.25) is 0 Å². The monoisotopic (exact) mass is 480 g/mol. The first kappa shape index (κ1) is 23.6. The van der Waals surface area contributed by atoms with E-state index in [1.54, 1.807) is 31.2 Å². The molecule has 3 rings (SSSR count). The third kappa shape index (κ3) is 4.90. The number of halogens is 1. The van der Waals surface area contributed by atoms with E-state index in [-0.39, 0.29) is 17.2 Å². The topological polar surface area (TPSA) is 102 Å². The number of methoxy groups -OCH3 is 2. The highest BCUT2D eigenvalue weighted by molar-refractivity contribution is 7.89. The van der Waals surface area contributed by atoms with Crippen LogP contribution >= 0.6 is 11.3 Å². The number of anilines is 1. The molecule has 1 amide bonds. The number of likely N-dealkylation sites (N-methyl/N-ethyl adjacent to an activating group) is 1. The lowest BCUT2D eigenvalue weighted by Gasteiger charge is -2.21. The van der Waals surface area contributed by atoms with Crippen LogP contribution in [0.25, 0.3) is 10.1 Å². The van der Waals surface area contributed by atoms with E-state index in [2.05, 4.69) is 5.32 Å². The van der Waals surface area contributed by atoms with Crippen molar-refractivity contribution in [1.29, 1.82) is 0 Å².